The Morgan fingerprint density at radius 1 is 1.09 bits per heavy atom. The van der Waals surface area contributed by atoms with Crippen molar-refractivity contribution < 1.29 is 4.74 Å². The van der Waals surface area contributed by atoms with Gasteiger partial charge in [-0.2, -0.15) is 5.10 Å². The van der Waals surface area contributed by atoms with Gasteiger partial charge >= 0.3 is 0 Å². The van der Waals surface area contributed by atoms with Crippen LogP contribution in [0.1, 0.15) is 39.5 Å². The van der Waals surface area contributed by atoms with Crippen LogP contribution in [0.4, 0.5) is 5.82 Å². The molecule has 0 saturated carbocycles. The number of aromatic nitrogens is 5. The first-order valence-corrected chi connectivity index (χ1v) is 11.7. The largest absolute Gasteiger partial charge is 0.379 e. The summed E-state index contributed by atoms with van der Waals surface area (Å²) >= 11 is 1.72. The molecule has 1 aromatic carbocycles. The fourth-order valence-electron chi connectivity index (χ4n) is 4.00. The number of morpholine rings is 1. The highest BCUT2D eigenvalue weighted by Crippen LogP contribution is 2.35. The minimum Gasteiger partial charge on any atom is -0.379 e. The second kappa shape index (κ2) is 8.93. The molecular formula is C23H27N7OS. The van der Waals surface area contributed by atoms with Crippen molar-refractivity contribution in [3.05, 3.63) is 63.8 Å². The molecule has 3 aromatic heterocycles. The Bertz CT molecular complexity index is 1210. The van der Waals surface area contributed by atoms with E-state index in [4.69, 9.17) is 14.7 Å². The van der Waals surface area contributed by atoms with Crippen molar-refractivity contribution in [3.8, 4) is 0 Å². The normalized spacial score (nSPS) is 15.8. The predicted molar refractivity (Wildman–Crippen MR) is 126 cm³/mol. The Kier molecular flexibility index (Phi) is 5.86. The van der Waals surface area contributed by atoms with Gasteiger partial charge in [0, 0.05) is 18.0 Å². The highest BCUT2D eigenvalue weighted by molar-refractivity contribution is 7.18. The van der Waals surface area contributed by atoms with Crippen LogP contribution in [0.25, 0.3) is 10.2 Å². The van der Waals surface area contributed by atoms with E-state index in [2.05, 4.69) is 51.4 Å². The van der Waals surface area contributed by atoms with Crippen LogP contribution in [0.3, 0.4) is 0 Å². The summed E-state index contributed by atoms with van der Waals surface area (Å²) in [4.78, 5) is 19.1. The number of aryl methyl sites for hydroxylation is 3. The quantitative estimate of drug-likeness (QED) is 0.463. The third-order valence-corrected chi connectivity index (χ3v) is 6.93. The zero-order chi connectivity index (χ0) is 22.1. The Hall–Kier alpha value is -2.88. The lowest BCUT2D eigenvalue weighted by Crippen LogP contribution is -2.36. The van der Waals surface area contributed by atoms with Gasteiger partial charge in [0.1, 0.15) is 28.3 Å². The summed E-state index contributed by atoms with van der Waals surface area (Å²) in [6, 6.07) is 10.0. The number of anilines is 1. The van der Waals surface area contributed by atoms with Crippen molar-refractivity contribution in [1.82, 2.24) is 30.0 Å². The lowest BCUT2D eigenvalue weighted by Gasteiger charge is -2.26. The Morgan fingerprint density at radius 2 is 1.88 bits per heavy atom. The van der Waals surface area contributed by atoms with Gasteiger partial charge in [0.25, 0.3) is 0 Å². The minimum absolute atomic E-state index is 0.227. The van der Waals surface area contributed by atoms with Gasteiger partial charge < -0.3 is 10.1 Å². The second-order valence-electron chi connectivity index (χ2n) is 8.11. The fourth-order valence-corrected chi connectivity index (χ4v) is 5.04. The summed E-state index contributed by atoms with van der Waals surface area (Å²) in [6.07, 6.45) is 0. The van der Waals surface area contributed by atoms with E-state index < -0.39 is 0 Å². The van der Waals surface area contributed by atoms with Crippen molar-refractivity contribution in [1.29, 1.82) is 0 Å². The lowest BCUT2D eigenvalue weighted by atomic mass is 10.1. The summed E-state index contributed by atoms with van der Waals surface area (Å²) in [5.74, 6) is 3.13. The minimum atomic E-state index is -0.227. The molecule has 1 saturated heterocycles. The first-order chi connectivity index (χ1) is 15.6. The molecule has 1 fully saturated rings. The summed E-state index contributed by atoms with van der Waals surface area (Å²) in [5, 5.41) is 12.2. The van der Waals surface area contributed by atoms with Crippen LogP contribution in [0, 0.1) is 20.8 Å². The molecule has 4 heterocycles. The monoisotopic (exact) mass is 449 g/mol. The zero-order valence-corrected chi connectivity index (χ0v) is 19.4. The van der Waals surface area contributed by atoms with Gasteiger partial charge in [-0.1, -0.05) is 30.3 Å². The summed E-state index contributed by atoms with van der Waals surface area (Å²) in [6.45, 7) is 10.2. The van der Waals surface area contributed by atoms with E-state index in [1.165, 1.54) is 10.4 Å². The molecule has 32 heavy (non-hydrogen) atoms. The standard InChI is InChI=1S/C23H27N7OS/c1-14-15(2)32-23-19(14)21(25-18(26-23)13-30-9-11-31-12-10-30)27-20(17-7-5-4-6-8-17)22-24-16(3)28-29-22/h4-8,20H,9-13H2,1-3H3,(H,24,28,29)(H,25,26,27). The van der Waals surface area contributed by atoms with Crippen LogP contribution in [0.2, 0.25) is 0 Å². The highest BCUT2D eigenvalue weighted by atomic mass is 32.1. The molecule has 9 heteroatoms. The summed E-state index contributed by atoms with van der Waals surface area (Å²) in [7, 11) is 0. The topological polar surface area (TPSA) is 91.8 Å². The van der Waals surface area contributed by atoms with Crippen molar-refractivity contribution >= 4 is 27.4 Å². The van der Waals surface area contributed by atoms with Crippen molar-refractivity contribution in [2.45, 2.75) is 33.4 Å². The molecule has 1 aliphatic rings. The number of nitrogens with one attached hydrogen (secondary N) is 2. The van der Waals surface area contributed by atoms with Crippen molar-refractivity contribution in [2.24, 2.45) is 0 Å². The molecular weight excluding hydrogens is 422 g/mol. The van der Waals surface area contributed by atoms with Crippen molar-refractivity contribution in [3.63, 3.8) is 0 Å². The number of hydrogen-bond donors (Lipinski definition) is 2. The molecule has 0 radical (unpaired) electrons. The second-order valence-corrected chi connectivity index (χ2v) is 9.31. The SMILES string of the molecule is Cc1nc(C(Nc2nc(CN3CCOCC3)nc3sc(C)c(C)c23)c2ccccc2)n[nH]1. The first kappa shape index (κ1) is 21.0. The third kappa shape index (κ3) is 4.23. The lowest BCUT2D eigenvalue weighted by molar-refractivity contribution is 0.0331. The van der Waals surface area contributed by atoms with E-state index in [0.29, 0.717) is 12.4 Å². The number of nitrogens with zero attached hydrogens (tertiary/aromatic N) is 5. The predicted octanol–water partition coefficient (Wildman–Crippen LogP) is 3.77. The van der Waals surface area contributed by atoms with Gasteiger partial charge in [0.05, 0.1) is 25.1 Å². The number of benzene rings is 1. The molecule has 0 aliphatic carbocycles. The molecule has 0 amide bonds. The van der Waals surface area contributed by atoms with Gasteiger partial charge in [0.2, 0.25) is 0 Å². The van der Waals surface area contributed by atoms with Crippen LogP contribution >= 0.6 is 11.3 Å². The van der Waals surface area contributed by atoms with Gasteiger partial charge in [0.15, 0.2) is 5.82 Å². The number of thiophene rings is 1. The average Bonchev–Trinajstić information content (AvgIpc) is 3.36. The number of H-pyrrole nitrogens is 1. The van der Waals surface area contributed by atoms with Crippen LogP contribution in [-0.2, 0) is 11.3 Å². The summed E-state index contributed by atoms with van der Waals surface area (Å²) in [5.41, 5.74) is 2.29. The maximum atomic E-state index is 5.49. The molecule has 8 nitrogen and oxygen atoms in total. The third-order valence-electron chi connectivity index (χ3n) is 5.83. The highest BCUT2D eigenvalue weighted by Gasteiger charge is 2.23. The number of rotatable bonds is 6. The Morgan fingerprint density at radius 3 is 2.59 bits per heavy atom. The smallest absolute Gasteiger partial charge is 0.177 e. The van der Waals surface area contributed by atoms with E-state index in [1.54, 1.807) is 11.3 Å². The molecule has 1 unspecified atom stereocenters. The van der Waals surface area contributed by atoms with E-state index in [0.717, 1.165) is 59.6 Å². The summed E-state index contributed by atoms with van der Waals surface area (Å²) < 4.78 is 5.49. The van der Waals surface area contributed by atoms with Crippen molar-refractivity contribution in [2.75, 3.05) is 31.6 Å². The molecule has 2 N–H and O–H groups in total. The maximum Gasteiger partial charge on any atom is 0.177 e. The average molecular weight is 450 g/mol. The van der Waals surface area contributed by atoms with Crippen LogP contribution in [0.5, 0.6) is 0 Å². The van der Waals surface area contributed by atoms with E-state index >= 15 is 0 Å². The number of hydrogen-bond acceptors (Lipinski definition) is 8. The van der Waals surface area contributed by atoms with Gasteiger partial charge in [-0.05, 0) is 31.9 Å². The Balaban J connectivity index is 1.57. The van der Waals surface area contributed by atoms with E-state index in [9.17, 15) is 0 Å². The molecule has 1 aliphatic heterocycles. The Labute approximate surface area is 191 Å². The zero-order valence-electron chi connectivity index (χ0n) is 18.6. The van der Waals surface area contributed by atoms with E-state index in [1.807, 2.05) is 25.1 Å². The maximum absolute atomic E-state index is 5.49. The van der Waals surface area contributed by atoms with E-state index in [-0.39, 0.29) is 6.04 Å². The van der Waals surface area contributed by atoms with Gasteiger partial charge in [-0.3, -0.25) is 10.00 Å². The van der Waals surface area contributed by atoms with Crippen LogP contribution in [-0.4, -0.2) is 56.4 Å². The number of ether oxygens (including phenoxy) is 1. The van der Waals surface area contributed by atoms with Crippen LogP contribution < -0.4 is 5.32 Å². The molecule has 4 aromatic rings. The first-order valence-electron chi connectivity index (χ1n) is 10.9. The molecule has 1 atom stereocenters. The molecule has 5 rings (SSSR count). The molecule has 0 spiro atoms. The van der Waals surface area contributed by atoms with Gasteiger partial charge in [-0.25, -0.2) is 15.0 Å². The van der Waals surface area contributed by atoms with Crippen LogP contribution in [0.15, 0.2) is 30.3 Å². The molecule has 166 valence electrons. The number of aromatic amines is 1. The van der Waals surface area contributed by atoms with Gasteiger partial charge in [-0.15, -0.1) is 11.3 Å². The molecule has 0 bridgehead atoms. The number of fused-ring (bicyclic) bond motifs is 1. The fraction of sp³-hybridized carbons (Fsp3) is 0.391.